The summed E-state index contributed by atoms with van der Waals surface area (Å²) in [7, 11) is 3.17. The van der Waals surface area contributed by atoms with E-state index in [1.807, 2.05) is 54.0 Å². The summed E-state index contributed by atoms with van der Waals surface area (Å²) in [6, 6.07) is 13.0. The van der Waals surface area contributed by atoms with Gasteiger partial charge in [-0.05, 0) is 36.8 Å². The molecule has 154 valence electrons. The van der Waals surface area contributed by atoms with Crippen LogP contribution in [0.2, 0.25) is 0 Å². The fraction of sp³-hybridized carbons (Fsp3) is 0.217. The van der Waals surface area contributed by atoms with Gasteiger partial charge in [-0.1, -0.05) is 30.9 Å². The molecule has 1 aliphatic heterocycles. The summed E-state index contributed by atoms with van der Waals surface area (Å²) in [5.41, 5.74) is 3.77. The average Bonchev–Trinajstić information content (AvgIpc) is 3.13. The Morgan fingerprint density at radius 1 is 1.20 bits per heavy atom. The van der Waals surface area contributed by atoms with Gasteiger partial charge >= 0.3 is 5.97 Å². The van der Waals surface area contributed by atoms with Crippen molar-refractivity contribution in [2.75, 3.05) is 26.1 Å². The third kappa shape index (κ3) is 3.18. The highest BCUT2D eigenvalue weighted by atomic mass is 16.5. The zero-order valence-corrected chi connectivity index (χ0v) is 17.1. The van der Waals surface area contributed by atoms with Crippen LogP contribution in [0.3, 0.4) is 0 Å². The van der Waals surface area contributed by atoms with Crippen LogP contribution in [-0.4, -0.2) is 36.3 Å². The molecule has 7 nitrogen and oxygen atoms in total. The second kappa shape index (κ2) is 7.94. The Labute approximate surface area is 174 Å². The highest BCUT2D eigenvalue weighted by Crippen LogP contribution is 2.41. The maximum atomic E-state index is 13.0. The van der Waals surface area contributed by atoms with E-state index in [0.717, 1.165) is 16.6 Å². The molecule has 7 heteroatoms. The summed E-state index contributed by atoms with van der Waals surface area (Å²) in [5.74, 6) is 1.44. The first kappa shape index (κ1) is 19.6. The second-order valence-electron chi connectivity index (χ2n) is 6.86. The third-order valence-electron chi connectivity index (χ3n) is 5.11. The Balaban J connectivity index is 1.95. The van der Waals surface area contributed by atoms with Crippen molar-refractivity contribution in [1.29, 1.82) is 0 Å². The van der Waals surface area contributed by atoms with Crippen LogP contribution < -0.4 is 14.8 Å². The van der Waals surface area contributed by atoms with Gasteiger partial charge in [-0.25, -0.2) is 9.78 Å². The number of anilines is 1. The maximum Gasteiger partial charge on any atom is 0.338 e. The van der Waals surface area contributed by atoms with Crippen molar-refractivity contribution in [2.45, 2.75) is 13.0 Å². The molecule has 1 N–H and O–H groups in total. The minimum absolute atomic E-state index is 0.131. The number of hydrogen-bond acceptors (Lipinski definition) is 6. The molecule has 4 rings (SSSR count). The van der Waals surface area contributed by atoms with E-state index in [9.17, 15) is 4.79 Å². The molecule has 1 aromatic heterocycles. The SMILES string of the molecule is C=CCOC(=O)C1=C(C)Nc2nc3ccccc3n2[C@H]1c1ccc(OC)c(OC)c1. The fourth-order valence-corrected chi connectivity index (χ4v) is 3.78. The first-order chi connectivity index (χ1) is 14.6. The Morgan fingerprint density at radius 2 is 1.97 bits per heavy atom. The lowest BCUT2D eigenvalue weighted by atomic mass is 9.94. The van der Waals surface area contributed by atoms with Crippen molar-refractivity contribution in [2.24, 2.45) is 0 Å². The predicted molar refractivity (Wildman–Crippen MR) is 115 cm³/mol. The average molecular weight is 405 g/mol. The number of nitrogens with one attached hydrogen (secondary N) is 1. The van der Waals surface area contributed by atoms with E-state index in [0.29, 0.717) is 28.7 Å². The molecule has 0 radical (unpaired) electrons. The number of nitrogens with zero attached hydrogens (tertiary/aromatic N) is 2. The number of aromatic nitrogens is 2. The smallest absolute Gasteiger partial charge is 0.338 e. The van der Waals surface area contributed by atoms with Crippen molar-refractivity contribution in [3.63, 3.8) is 0 Å². The standard InChI is InChI=1S/C23H23N3O4/c1-5-12-30-22(27)20-14(2)24-23-25-16-8-6-7-9-17(16)26(23)21(20)15-10-11-18(28-3)19(13-15)29-4/h5-11,13,21H,1,12H2,2-4H3,(H,24,25)/t21-/m0/s1. The van der Waals surface area contributed by atoms with Gasteiger partial charge in [-0.2, -0.15) is 0 Å². The topological polar surface area (TPSA) is 74.6 Å². The van der Waals surface area contributed by atoms with Crippen molar-refractivity contribution < 1.29 is 19.0 Å². The maximum absolute atomic E-state index is 13.0. The molecule has 2 heterocycles. The van der Waals surface area contributed by atoms with Crippen LogP contribution in [0.1, 0.15) is 18.5 Å². The molecule has 0 unspecified atom stereocenters. The van der Waals surface area contributed by atoms with Crippen LogP contribution in [-0.2, 0) is 9.53 Å². The summed E-state index contributed by atoms with van der Waals surface area (Å²) in [6.45, 7) is 5.61. The quantitative estimate of drug-likeness (QED) is 0.492. The van der Waals surface area contributed by atoms with E-state index in [1.54, 1.807) is 20.3 Å². The number of carbonyl (C=O) groups is 1. The molecular weight excluding hydrogens is 382 g/mol. The first-order valence-corrected chi connectivity index (χ1v) is 9.53. The van der Waals surface area contributed by atoms with Gasteiger partial charge in [0.15, 0.2) is 11.5 Å². The number of methoxy groups -OCH3 is 2. The number of benzene rings is 2. The van der Waals surface area contributed by atoms with Crippen LogP contribution in [0.25, 0.3) is 11.0 Å². The van der Waals surface area contributed by atoms with Crippen LogP contribution in [0.4, 0.5) is 5.95 Å². The minimum Gasteiger partial charge on any atom is -0.493 e. The molecule has 3 aromatic rings. The number of ether oxygens (including phenoxy) is 3. The Hall–Kier alpha value is -3.74. The van der Waals surface area contributed by atoms with E-state index < -0.39 is 12.0 Å². The number of rotatable bonds is 6. The highest BCUT2D eigenvalue weighted by molar-refractivity contribution is 5.94. The van der Waals surface area contributed by atoms with Crippen molar-refractivity contribution in [3.8, 4) is 11.5 Å². The molecule has 0 saturated carbocycles. The number of para-hydroxylation sites is 2. The summed E-state index contributed by atoms with van der Waals surface area (Å²) in [5, 5.41) is 3.26. The molecule has 0 bridgehead atoms. The summed E-state index contributed by atoms with van der Waals surface area (Å²) < 4.78 is 18.3. The number of carbonyl (C=O) groups excluding carboxylic acids is 1. The number of hydrogen-bond donors (Lipinski definition) is 1. The van der Waals surface area contributed by atoms with Gasteiger partial charge in [0.25, 0.3) is 0 Å². The number of allylic oxidation sites excluding steroid dienone is 1. The van der Waals surface area contributed by atoms with Gasteiger partial charge in [-0.15, -0.1) is 0 Å². The first-order valence-electron chi connectivity index (χ1n) is 9.53. The normalized spacial score (nSPS) is 15.4. The largest absolute Gasteiger partial charge is 0.493 e. The molecule has 1 aliphatic rings. The Bertz CT molecular complexity index is 1160. The van der Waals surface area contributed by atoms with Crippen molar-refractivity contribution in [1.82, 2.24) is 9.55 Å². The summed E-state index contributed by atoms with van der Waals surface area (Å²) in [4.78, 5) is 17.7. The van der Waals surface area contributed by atoms with Gasteiger partial charge < -0.3 is 19.5 Å². The summed E-state index contributed by atoms with van der Waals surface area (Å²) in [6.07, 6.45) is 1.55. The van der Waals surface area contributed by atoms with E-state index >= 15 is 0 Å². The van der Waals surface area contributed by atoms with Crippen LogP contribution in [0, 0.1) is 0 Å². The fourth-order valence-electron chi connectivity index (χ4n) is 3.78. The van der Waals surface area contributed by atoms with Crippen LogP contribution in [0.5, 0.6) is 11.5 Å². The van der Waals surface area contributed by atoms with E-state index in [-0.39, 0.29) is 6.61 Å². The molecule has 1 atom stereocenters. The zero-order chi connectivity index (χ0) is 21.3. The zero-order valence-electron chi connectivity index (χ0n) is 17.1. The van der Waals surface area contributed by atoms with Crippen LogP contribution in [0.15, 0.2) is 66.4 Å². The lowest BCUT2D eigenvalue weighted by Gasteiger charge is -2.30. The van der Waals surface area contributed by atoms with Crippen molar-refractivity contribution in [3.05, 3.63) is 72.0 Å². The summed E-state index contributed by atoms with van der Waals surface area (Å²) >= 11 is 0. The molecule has 0 spiro atoms. The number of esters is 1. The molecule has 2 aromatic carbocycles. The van der Waals surface area contributed by atoms with Gasteiger partial charge in [0, 0.05) is 5.70 Å². The van der Waals surface area contributed by atoms with E-state index in [4.69, 9.17) is 19.2 Å². The van der Waals surface area contributed by atoms with E-state index in [2.05, 4.69) is 11.9 Å². The molecule has 0 amide bonds. The second-order valence-corrected chi connectivity index (χ2v) is 6.86. The van der Waals surface area contributed by atoms with Gasteiger partial charge in [-0.3, -0.25) is 4.57 Å². The molecule has 30 heavy (non-hydrogen) atoms. The highest BCUT2D eigenvalue weighted by Gasteiger charge is 2.35. The number of fused-ring (bicyclic) bond motifs is 3. The molecule has 0 saturated heterocycles. The lowest BCUT2D eigenvalue weighted by Crippen LogP contribution is -2.29. The Morgan fingerprint density at radius 3 is 2.70 bits per heavy atom. The lowest BCUT2D eigenvalue weighted by molar-refractivity contribution is -0.138. The van der Waals surface area contributed by atoms with Gasteiger partial charge in [0.2, 0.25) is 5.95 Å². The Kier molecular flexibility index (Phi) is 5.18. The minimum atomic E-state index is -0.453. The number of imidazole rings is 1. The molecule has 0 fully saturated rings. The third-order valence-corrected chi connectivity index (χ3v) is 5.11. The monoisotopic (exact) mass is 405 g/mol. The van der Waals surface area contributed by atoms with Crippen molar-refractivity contribution >= 4 is 23.0 Å². The molecule has 0 aliphatic carbocycles. The van der Waals surface area contributed by atoms with Gasteiger partial charge in [0.05, 0.1) is 36.9 Å². The molecular formula is C23H23N3O4. The van der Waals surface area contributed by atoms with Crippen LogP contribution >= 0.6 is 0 Å². The van der Waals surface area contributed by atoms with Gasteiger partial charge in [0.1, 0.15) is 6.61 Å². The predicted octanol–water partition coefficient (Wildman–Crippen LogP) is 4.07. The van der Waals surface area contributed by atoms with E-state index in [1.165, 1.54) is 0 Å².